The van der Waals surface area contributed by atoms with Crippen molar-refractivity contribution in [2.75, 3.05) is 0 Å². The number of hydrogen-bond donors (Lipinski definition) is 0. The van der Waals surface area contributed by atoms with Crippen molar-refractivity contribution >= 4 is 11.6 Å². The zero-order valence-electron chi connectivity index (χ0n) is 9.10. The van der Waals surface area contributed by atoms with E-state index >= 15 is 0 Å². The van der Waals surface area contributed by atoms with Crippen molar-refractivity contribution < 1.29 is 22.3 Å². The van der Waals surface area contributed by atoms with Crippen LogP contribution in [0.3, 0.4) is 0 Å². The molecule has 0 aliphatic heterocycles. The molecule has 2 rings (SSSR count). The molecule has 0 fully saturated rings. The number of halogens is 5. The molecule has 0 aliphatic rings. The Morgan fingerprint density at radius 1 is 1.21 bits per heavy atom. The Labute approximate surface area is 109 Å². The van der Waals surface area contributed by atoms with Crippen LogP contribution >= 0.6 is 11.6 Å². The zero-order chi connectivity index (χ0) is 14.0. The van der Waals surface area contributed by atoms with E-state index in [1.165, 1.54) is 18.2 Å². The van der Waals surface area contributed by atoms with Crippen LogP contribution in [0.4, 0.5) is 17.6 Å². The summed E-state index contributed by atoms with van der Waals surface area (Å²) in [7, 11) is 0. The first-order valence-corrected chi connectivity index (χ1v) is 5.31. The lowest BCUT2D eigenvalue weighted by Crippen LogP contribution is -2.06. The van der Waals surface area contributed by atoms with Gasteiger partial charge < -0.3 is 4.74 Å². The highest BCUT2D eigenvalue weighted by Crippen LogP contribution is 2.26. The summed E-state index contributed by atoms with van der Waals surface area (Å²) < 4.78 is 54.3. The normalized spacial score (nSPS) is 11.3. The maximum atomic E-state index is 12.8. The molecule has 0 radical (unpaired) electrons. The fourth-order valence-electron chi connectivity index (χ4n) is 1.38. The fraction of sp³-hybridized carbons (Fsp3) is 0.200. The van der Waals surface area contributed by atoms with Gasteiger partial charge in [0.25, 0.3) is 6.43 Å². The monoisotopic (exact) mass is 295 g/mol. The Hall–Kier alpha value is -1.83. The Morgan fingerprint density at radius 3 is 2.53 bits per heavy atom. The molecule has 0 atom stereocenters. The first-order chi connectivity index (χ1) is 8.97. The third kappa shape index (κ3) is 3.14. The van der Waals surface area contributed by atoms with Crippen LogP contribution in [0.1, 0.15) is 12.1 Å². The van der Waals surface area contributed by atoms with Crippen LogP contribution in [0.15, 0.2) is 24.3 Å². The van der Waals surface area contributed by atoms with Crippen LogP contribution < -0.4 is 4.74 Å². The van der Waals surface area contributed by atoms with Gasteiger partial charge in [0.1, 0.15) is 10.8 Å². The van der Waals surface area contributed by atoms with Gasteiger partial charge in [-0.1, -0.05) is 17.7 Å². The van der Waals surface area contributed by atoms with Crippen molar-refractivity contribution in [1.29, 1.82) is 0 Å². The first kappa shape index (κ1) is 13.6. The summed E-state index contributed by atoms with van der Waals surface area (Å²) in [5.74, 6) is -0.640. The molecule has 0 unspecified atom stereocenters. The molecular formula is C10H6ClF4N3O. The van der Waals surface area contributed by atoms with E-state index in [1.807, 2.05) is 0 Å². The molecule has 0 aliphatic carbocycles. The average molecular weight is 296 g/mol. The number of nitrogens with zero attached hydrogens (tertiary/aromatic N) is 3. The lowest BCUT2D eigenvalue weighted by atomic mass is 10.4. The maximum absolute atomic E-state index is 12.8. The number of rotatable bonds is 4. The van der Waals surface area contributed by atoms with Crippen molar-refractivity contribution in [3.05, 3.63) is 35.1 Å². The molecule has 19 heavy (non-hydrogen) atoms. The molecule has 0 saturated carbocycles. The molecule has 2 heterocycles. The van der Waals surface area contributed by atoms with Crippen LogP contribution in [-0.2, 0) is 0 Å². The van der Waals surface area contributed by atoms with Crippen LogP contribution in [0.5, 0.6) is 5.88 Å². The number of pyridine rings is 1. The number of alkyl halides is 4. The molecular weight excluding hydrogens is 290 g/mol. The standard InChI is InChI=1S/C10H6ClF4N3O/c11-6-2-1-3-7(16-6)18-5(9(12)13)4-8(17-18)19-10(14)15/h1-4,9-10H. The summed E-state index contributed by atoms with van der Waals surface area (Å²) in [6.45, 7) is -3.15. The minimum absolute atomic E-state index is 0.0214. The quantitative estimate of drug-likeness (QED) is 0.640. The van der Waals surface area contributed by atoms with E-state index in [0.717, 1.165) is 6.07 Å². The largest absolute Gasteiger partial charge is 0.415 e. The zero-order valence-corrected chi connectivity index (χ0v) is 9.86. The van der Waals surface area contributed by atoms with Gasteiger partial charge in [-0.05, 0) is 12.1 Å². The third-order valence-electron chi connectivity index (χ3n) is 2.07. The summed E-state index contributed by atoms with van der Waals surface area (Å²) in [6, 6.07) is 4.98. The molecule has 4 nitrogen and oxygen atoms in total. The van der Waals surface area contributed by atoms with Gasteiger partial charge in [-0.15, -0.1) is 5.10 Å². The average Bonchev–Trinajstić information content (AvgIpc) is 2.72. The van der Waals surface area contributed by atoms with Gasteiger partial charge in [0.2, 0.25) is 5.88 Å². The highest BCUT2D eigenvalue weighted by atomic mass is 35.5. The summed E-state index contributed by atoms with van der Waals surface area (Å²) in [6.07, 6.45) is -2.93. The van der Waals surface area contributed by atoms with Crippen LogP contribution in [0, 0.1) is 0 Å². The van der Waals surface area contributed by atoms with Crippen LogP contribution in [0.2, 0.25) is 5.15 Å². The second-order valence-electron chi connectivity index (χ2n) is 3.32. The van der Waals surface area contributed by atoms with Crippen molar-refractivity contribution in [1.82, 2.24) is 14.8 Å². The van der Waals surface area contributed by atoms with Gasteiger partial charge in [-0.25, -0.2) is 18.4 Å². The van der Waals surface area contributed by atoms with Crippen molar-refractivity contribution in [3.8, 4) is 11.7 Å². The highest BCUT2D eigenvalue weighted by molar-refractivity contribution is 6.29. The van der Waals surface area contributed by atoms with Gasteiger partial charge in [0.15, 0.2) is 5.82 Å². The van der Waals surface area contributed by atoms with Crippen LogP contribution in [-0.4, -0.2) is 21.4 Å². The lowest BCUT2D eigenvalue weighted by Gasteiger charge is -2.05. The molecule has 0 amide bonds. The van der Waals surface area contributed by atoms with E-state index in [0.29, 0.717) is 4.68 Å². The number of hydrogen-bond acceptors (Lipinski definition) is 3. The Kier molecular flexibility index (Phi) is 3.89. The molecule has 0 saturated heterocycles. The second-order valence-corrected chi connectivity index (χ2v) is 3.70. The predicted octanol–water partition coefficient (Wildman–Crippen LogP) is 3.46. The van der Waals surface area contributed by atoms with Gasteiger partial charge in [-0.2, -0.15) is 8.78 Å². The van der Waals surface area contributed by atoms with E-state index in [9.17, 15) is 17.6 Å². The van der Waals surface area contributed by atoms with Gasteiger partial charge in [-0.3, -0.25) is 0 Å². The molecule has 2 aromatic heterocycles. The van der Waals surface area contributed by atoms with Crippen LogP contribution in [0.25, 0.3) is 5.82 Å². The topological polar surface area (TPSA) is 39.9 Å². The SMILES string of the molecule is FC(F)Oc1cc(C(F)F)n(-c2cccc(Cl)n2)n1. The van der Waals surface area contributed by atoms with Gasteiger partial charge in [0.05, 0.1) is 0 Å². The number of ether oxygens (including phenoxy) is 1. The predicted molar refractivity (Wildman–Crippen MR) is 58.0 cm³/mol. The van der Waals surface area contributed by atoms with Crippen molar-refractivity contribution in [2.45, 2.75) is 13.0 Å². The number of aromatic nitrogens is 3. The molecule has 0 spiro atoms. The van der Waals surface area contributed by atoms with E-state index in [2.05, 4.69) is 14.8 Å². The third-order valence-corrected chi connectivity index (χ3v) is 2.28. The van der Waals surface area contributed by atoms with E-state index in [4.69, 9.17) is 11.6 Å². The molecule has 102 valence electrons. The van der Waals surface area contributed by atoms with Gasteiger partial charge >= 0.3 is 6.61 Å². The highest BCUT2D eigenvalue weighted by Gasteiger charge is 2.21. The fourth-order valence-corrected chi connectivity index (χ4v) is 1.54. The Morgan fingerprint density at radius 2 is 1.95 bits per heavy atom. The minimum Gasteiger partial charge on any atom is -0.415 e. The summed E-state index contributed by atoms with van der Waals surface area (Å²) in [5.41, 5.74) is -0.620. The van der Waals surface area contributed by atoms with Gasteiger partial charge in [0, 0.05) is 6.07 Å². The van der Waals surface area contributed by atoms with E-state index < -0.39 is 24.6 Å². The second kappa shape index (κ2) is 5.43. The molecule has 9 heteroatoms. The van der Waals surface area contributed by atoms with E-state index in [-0.39, 0.29) is 11.0 Å². The molecule has 0 bridgehead atoms. The minimum atomic E-state index is -3.15. The lowest BCUT2D eigenvalue weighted by molar-refractivity contribution is -0.0530. The summed E-state index contributed by atoms with van der Waals surface area (Å²) in [5, 5.41) is 3.56. The Balaban J connectivity index is 2.46. The summed E-state index contributed by atoms with van der Waals surface area (Å²) in [4.78, 5) is 3.77. The summed E-state index contributed by atoms with van der Waals surface area (Å²) >= 11 is 5.63. The smallest absolute Gasteiger partial charge is 0.388 e. The Bertz CT molecular complexity index is 576. The maximum Gasteiger partial charge on any atom is 0.388 e. The van der Waals surface area contributed by atoms with Crippen molar-refractivity contribution in [2.24, 2.45) is 0 Å². The van der Waals surface area contributed by atoms with E-state index in [1.54, 1.807) is 0 Å². The first-order valence-electron chi connectivity index (χ1n) is 4.93. The molecule has 2 aromatic rings. The van der Waals surface area contributed by atoms with Crippen molar-refractivity contribution in [3.63, 3.8) is 0 Å². The molecule has 0 aromatic carbocycles. The molecule has 0 N–H and O–H groups in total.